The molecule has 0 saturated heterocycles. The Labute approximate surface area is 76.5 Å². The lowest BCUT2D eigenvalue weighted by atomic mass is 10.4. The summed E-state index contributed by atoms with van der Waals surface area (Å²) < 4.78 is 1.59. The van der Waals surface area contributed by atoms with Crippen molar-refractivity contribution in [3.05, 3.63) is 30.1 Å². The SMILES string of the molecule is C/C=C/CCn1ccc(C(=O)[O-])n1. The summed E-state index contributed by atoms with van der Waals surface area (Å²) >= 11 is 0. The molecule has 0 aliphatic rings. The van der Waals surface area contributed by atoms with E-state index in [9.17, 15) is 9.90 Å². The van der Waals surface area contributed by atoms with Crippen molar-refractivity contribution >= 4 is 5.97 Å². The molecule has 1 aromatic rings. The van der Waals surface area contributed by atoms with Gasteiger partial charge >= 0.3 is 0 Å². The lowest BCUT2D eigenvalue weighted by Gasteiger charge is -1.97. The molecule has 0 radical (unpaired) electrons. The summed E-state index contributed by atoms with van der Waals surface area (Å²) in [5.74, 6) is -1.23. The van der Waals surface area contributed by atoms with Crippen LogP contribution in [-0.4, -0.2) is 15.7 Å². The summed E-state index contributed by atoms with van der Waals surface area (Å²) in [6.07, 6.45) is 6.43. The number of aromatic nitrogens is 2. The van der Waals surface area contributed by atoms with Crippen molar-refractivity contribution in [3.63, 3.8) is 0 Å². The molecule has 0 bridgehead atoms. The van der Waals surface area contributed by atoms with Gasteiger partial charge in [-0.25, -0.2) is 0 Å². The average Bonchev–Trinajstić information content (AvgIpc) is 2.53. The minimum atomic E-state index is -1.23. The summed E-state index contributed by atoms with van der Waals surface area (Å²) in [5.41, 5.74) is -0.0134. The maximum absolute atomic E-state index is 10.3. The van der Waals surface area contributed by atoms with Crippen molar-refractivity contribution in [1.82, 2.24) is 9.78 Å². The molecule has 0 atom stereocenters. The highest BCUT2D eigenvalue weighted by atomic mass is 16.4. The van der Waals surface area contributed by atoms with Gasteiger partial charge in [-0.05, 0) is 19.4 Å². The quantitative estimate of drug-likeness (QED) is 0.621. The molecule has 0 amide bonds. The summed E-state index contributed by atoms with van der Waals surface area (Å²) in [4.78, 5) is 10.3. The number of allylic oxidation sites excluding steroid dienone is 2. The van der Waals surface area contributed by atoms with E-state index in [0.717, 1.165) is 6.42 Å². The van der Waals surface area contributed by atoms with Crippen LogP contribution in [0.15, 0.2) is 24.4 Å². The topological polar surface area (TPSA) is 58.0 Å². The number of aryl methyl sites for hydroxylation is 1. The zero-order valence-electron chi connectivity index (χ0n) is 7.43. The molecule has 4 heteroatoms. The smallest absolute Gasteiger partial charge is 0.108 e. The maximum atomic E-state index is 10.3. The molecule has 0 N–H and O–H groups in total. The van der Waals surface area contributed by atoms with Crippen LogP contribution >= 0.6 is 0 Å². The summed E-state index contributed by atoms with van der Waals surface area (Å²) in [6, 6.07) is 1.44. The van der Waals surface area contributed by atoms with Gasteiger partial charge in [0, 0.05) is 12.7 Å². The van der Waals surface area contributed by atoms with E-state index in [1.807, 2.05) is 19.1 Å². The molecule has 1 aromatic heterocycles. The Hall–Kier alpha value is -1.58. The van der Waals surface area contributed by atoms with E-state index < -0.39 is 5.97 Å². The first kappa shape index (κ1) is 9.51. The van der Waals surface area contributed by atoms with Crippen LogP contribution in [0.25, 0.3) is 0 Å². The third-order valence-corrected chi connectivity index (χ3v) is 1.61. The van der Waals surface area contributed by atoms with E-state index in [4.69, 9.17) is 0 Å². The van der Waals surface area contributed by atoms with Gasteiger partial charge in [-0.3, -0.25) is 4.68 Å². The Balaban J connectivity index is 2.54. The Morgan fingerprint density at radius 2 is 2.54 bits per heavy atom. The van der Waals surface area contributed by atoms with Crippen LogP contribution in [0.5, 0.6) is 0 Å². The molecule has 1 heterocycles. The lowest BCUT2D eigenvalue weighted by molar-refractivity contribution is -0.255. The number of carboxylic acid groups (broad SMARTS) is 1. The number of hydrogen-bond acceptors (Lipinski definition) is 3. The van der Waals surface area contributed by atoms with Crippen LogP contribution in [0, 0.1) is 0 Å². The fourth-order valence-corrected chi connectivity index (χ4v) is 0.969. The Bertz CT molecular complexity index is 315. The molecule has 13 heavy (non-hydrogen) atoms. The van der Waals surface area contributed by atoms with E-state index >= 15 is 0 Å². The fourth-order valence-electron chi connectivity index (χ4n) is 0.969. The van der Waals surface area contributed by atoms with Gasteiger partial charge in [-0.15, -0.1) is 0 Å². The van der Waals surface area contributed by atoms with E-state index in [0.29, 0.717) is 6.54 Å². The molecule has 0 aliphatic carbocycles. The van der Waals surface area contributed by atoms with Gasteiger partial charge in [0.2, 0.25) is 0 Å². The van der Waals surface area contributed by atoms with Gasteiger partial charge in [-0.1, -0.05) is 12.2 Å². The highest BCUT2D eigenvalue weighted by molar-refractivity contribution is 5.83. The van der Waals surface area contributed by atoms with Crippen LogP contribution in [0.1, 0.15) is 23.8 Å². The van der Waals surface area contributed by atoms with Gasteiger partial charge in [-0.2, -0.15) is 5.10 Å². The molecule has 0 aliphatic heterocycles. The van der Waals surface area contributed by atoms with Gasteiger partial charge in [0.1, 0.15) is 5.69 Å². The predicted octanol–water partition coefficient (Wildman–Crippen LogP) is 0.213. The van der Waals surface area contributed by atoms with Crippen LogP contribution < -0.4 is 5.11 Å². The van der Waals surface area contributed by atoms with Crippen molar-refractivity contribution in [3.8, 4) is 0 Å². The number of carbonyl (C=O) groups is 1. The maximum Gasteiger partial charge on any atom is 0.108 e. The first-order valence-corrected chi connectivity index (χ1v) is 4.10. The van der Waals surface area contributed by atoms with Gasteiger partial charge in [0.05, 0.1) is 5.97 Å². The van der Waals surface area contributed by atoms with Gasteiger partial charge in [0.15, 0.2) is 0 Å². The Morgan fingerprint density at radius 1 is 1.77 bits per heavy atom. The highest BCUT2D eigenvalue weighted by Crippen LogP contribution is 1.96. The minimum Gasteiger partial charge on any atom is -0.543 e. The average molecular weight is 179 g/mol. The molecular formula is C9H11N2O2-. The largest absolute Gasteiger partial charge is 0.543 e. The molecule has 0 aromatic carbocycles. The number of hydrogen-bond donors (Lipinski definition) is 0. The fraction of sp³-hybridized carbons (Fsp3) is 0.333. The molecule has 70 valence electrons. The summed E-state index contributed by atoms with van der Waals surface area (Å²) in [5, 5.41) is 14.1. The van der Waals surface area contributed by atoms with Crippen molar-refractivity contribution in [2.24, 2.45) is 0 Å². The normalized spacial score (nSPS) is 10.8. The third kappa shape index (κ3) is 2.74. The number of carbonyl (C=O) groups excluding carboxylic acids is 1. The highest BCUT2D eigenvalue weighted by Gasteiger charge is 1.97. The van der Waals surface area contributed by atoms with Crippen molar-refractivity contribution < 1.29 is 9.90 Å². The van der Waals surface area contributed by atoms with Crippen LogP contribution in [0.2, 0.25) is 0 Å². The standard InChI is InChI=1S/C9H12N2O2/c1-2-3-4-6-11-7-5-8(10-11)9(12)13/h2-3,5,7H,4,6H2,1H3,(H,12,13)/p-1/b3-2+. The first-order chi connectivity index (χ1) is 6.24. The van der Waals surface area contributed by atoms with E-state index in [2.05, 4.69) is 5.10 Å². The van der Waals surface area contributed by atoms with E-state index in [1.54, 1.807) is 10.9 Å². The zero-order valence-corrected chi connectivity index (χ0v) is 7.43. The summed E-state index contributed by atoms with van der Waals surface area (Å²) in [6.45, 7) is 2.63. The van der Waals surface area contributed by atoms with E-state index in [1.165, 1.54) is 6.07 Å². The van der Waals surface area contributed by atoms with Crippen LogP contribution in [-0.2, 0) is 6.54 Å². The third-order valence-electron chi connectivity index (χ3n) is 1.61. The zero-order chi connectivity index (χ0) is 9.68. The molecule has 1 rings (SSSR count). The predicted molar refractivity (Wildman–Crippen MR) is 46.0 cm³/mol. The second-order valence-electron chi connectivity index (χ2n) is 2.61. The second kappa shape index (κ2) is 4.45. The van der Waals surface area contributed by atoms with Crippen LogP contribution in [0.4, 0.5) is 0 Å². The Morgan fingerprint density at radius 3 is 3.08 bits per heavy atom. The first-order valence-electron chi connectivity index (χ1n) is 4.10. The van der Waals surface area contributed by atoms with Crippen molar-refractivity contribution in [1.29, 1.82) is 0 Å². The molecule has 0 fully saturated rings. The number of carboxylic acids is 1. The van der Waals surface area contributed by atoms with Crippen LogP contribution in [0.3, 0.4) is 0 Å². The monoisotopic (exact) mass is 179 g/mol. The number of rotatable bonds is 4. The molecule has 0 spiro atoms. The summed E-state index contributed by atoms with van der Waals surface area (Å²) in [7, 11) is 0. The molecular weight excluding hydrogens is 168 g/mol. The van der Waals surface area contributed by atoms with Gasteiger partial charge < -0.3 is 9.90 Å². The molecule has 0 unspecified atom stereocenters. The van der Waals surface area contributed by atoms with E-state index in [-0.39, 0.29) is 5.69 Å². The molecule has 0 saturated carbocycles. The lowest BCUT2D eigenvalue weighted by Crippen LogP contribution is -2.23. The minimum absolute atomic E-state index is 0.0134. The Kier molecular flexibility index (Phi) is 3.25. The molecule has 4 nitrogen and oxygen atoms in total. The van der Waals surface area contributed by atoms with Gasteiger partial charge in [0.25, 0.3) is 0 Å². The number of aromatic carboxylic acids is 1. The van der Waals surface area contributed by atoms with Crippen molar-refractivity contribution in [2.75, 3.05) is 0 Å². The second-order valence-corrected chi connectivity index (χ2v) is 2.61. The van der Waals surface area contributed by atoms with Crippen molar-refractivity contribution in [2.45, 2.75) is 19.9 Å². The number of nitrogens with zero attached hydrogens (tertiary/aromatic N) is 2.